The normalized spacial score (nSPS) is 17.4. The van der Waals surface area contributed by atoms with Crippen molar-refractivity contribution in [1.82, 2.24) is 9.88 Å². The number of hydrogen-bond donors (Lipinski definition) is 0. The maximum absolute atomic E-state index is 14.0. The molecule has 0 bridgehead atoms. The number of carbonyl (C=O) groups excluding carboxylic acids is 1. The molecule has 1 saturated heterocycles. The number of benzene rings is 2. The Balaban J connectivity index is 1.73. The summed E-state index contributed by atoms with van der Waals surface area (Å²) in [6.45, 7) is 2.24. The Kier molecular flexibility index (Phi) is 3.75. The molecule has 1 fully saturated rings. The van der Waals surface area contributed by atoms with Gasteiger partial charge in [0.1, 0.15) is 23.2 Å². The van der Waals surface area contributed by atoms with E-state index in [0.717, 1.165) is 18.9 Å². The fourth-order valence-electron chi connectivity index (χ4n) is 3.38. The van der Waals surface area contributed by atoms with Gasteiger partial charge < -0.3 is 9.32 Å². The highest BCUT2D eigenvalue weighted by Crippen LogP contribution is 2.34. The van der Waals surface area contributed by atoms with E-state index in [0.29, 0.717) is 34.7 Å². The summed E-state index contributed by atoms with van der Waals surface area (Å²) in [5.74, 6) is -0.739. The molecule has 1 aliphatic heterocycles. The van der Waals surface area contributed by atoms with Gasteiger partial charge >= 0.3 is 0 Å². The number of rotatable bonds is 2. The number of likely N-dealkylation sites (tertiary alicyclic amines) is 1. The smallest absolute Gasteiger partial charge is 0.220 e. The lowest BCUT2D eigenvalue weighted by Gasteiger charge is -2.19. The topological polar surface area (TPSA) is 46.3 Å². The molecule has 1 atom stereocenters. The van der Waals surface area contributed by atoms with E-state index in [-0.39, 0.29) is 11.9 Å². The number of amides is 1. The second-order valence-corrected chi connectivity index (χ2v) is 6.23. The summed E-state index contributed by atoms with van der Waals surface area (Å²) in [7, 11) is 0. The fraction of sp³-hybridized carbons (Fsp3) is 0.263. The van der Waals surface area contributed by atoms with Crippen LogP contribution in [0.4, 0.5) is 8.78 Å². The molecule has 25 heavy (non-hydrogen) atoms. The van der Waals surface area contributed by atoms with Gasteiger partial charge in [-0.2, -0.15) is 0 Å². The zero-order chi connectivity index (χ0) is 17.6. The zero-order valence-corrected chi connectivity index (χ0v) is 13.6. The Morgan fingerprint density at radius 1 is 1.24 bits per heavy atom. The van der Waals surface area contributed by atoms with Gasteiger partial charge in [-0.3, -0.25) is 4.79 Å². The van der Waals surface area contributed by atoms with E-state index in [4.69, 9.17) is 4.42 Å². The van der Waals surface area contributed by atoms with Gasteiger partial charge in [-0.1, -0.05) is 6.07 Å². The highest BCUT2D eigenvalue weighted by molar-refractivity contribution is 5.81. The van der Waals surface area contributed by atoms with Crippen LogP contribution < -0.4 is 0 Å². The minimum atomic E-state index is -0.624. The van der Waals surface area contributed by atoms with Gasteiger partial charge in [0.15, 0.2) is 5.58 Å². The third kappa shape index (κ3) is 2.77. The molecule has 1 unspecified atom stereocenters. The van der Waals surface area contributed by atoms with Crippen molar-refractivity contribution in [1.29, 1.82) is 0 Å². The molecule has 2 aromatic carbocycles. The maximum Gasteiger partial charge on any atom is 0.220 e. The van der Waals surface area contributed by atoms with Crippen LogP contribution >= 0.6 is 0 Å². The number of fused-ring (bicyclic) bond motifs is 1. The first kappa shape index (κ1) is 15.7. The van der Waals surface area contributed by atoms with Crippen LogP contribution in [0.2, 0.25) is 0 Å². The first-order valence-electron chi connectivity index (χ1n) is 8.16. The lowest BCUT2D eigenvalue weighted by Crippen LogP contribution is -2.28. The molecule has 2 heterocycles. The Labute approximate surface area is 143 Å². The quantitative estimate of drug-likeness (QED) is 0.691. The highest BCUT2D eigenvalue weighted by atomic mass is 19.1. The van der Waals surface area contributed by atoms with Crippen molar-refractivity contribution < 1.29 is 18.0 Å². The first-order chi connectivity index (χ1) is 12.0. The lowest BCUT2D eigenvalue weighted by atomic mass is 10.0. The molecule has 6 heteroatoms. The third-order valence-electron chi connectivity index (χ3n) is 4.59. The summed E-state index contributed by atoms with van der Waals surface area (Å²) in [5.41, 5.74) is 2.07. The summed E-state index contributed by atoms with van der Waals surface area (Å²) in [4.78, 5) is 18.0. The number of aromatic nitrogens is 1. The highest BCUT2D eigenvalue weighted by Gasteiger charge is 2.31. The largest absolute Gasteiger partial charge is 0.438 e. The molecule has 0 saturated carbocycles. The maximum atomic E-state index is 14.0. The predicted molar refractivity (Wildman–Crippen MR) is 88.7 cm³/mol. The van der Waals surface area contributed by atoms with E-state index in [9.17, 15) is 13.6 Å². The Morgan fingerprint density at radius 2 is 2.08 bits per heavy atom. The Hall–Kier alpha value is -2.76. The molecular weight excluding hydrogens is 326 g/mol. The SMILES string of the molecule is CC(=O)N1CCCC1c1nc2cc(-c3ccc(F)cc3F)ccc2o1. The summed E-state index contributed by atoms with van der Waals surface area (Å²) in [5, 5.41) is 0. The van der Waals surface area contributed by atoms with E-state index in [1.54, 1.807) is 23.1 Å². The van der Waals surface area contributed by atoms with Crippen LogP contribution in [0.3, 0.4) is 0 Å². The minimum Gasteiger partial charge on any atom is -0.438 e. The van der Waals surface area contributed by atoms with Gasteiger partial charge in [-0.15, -0.1) is 0 Å². The van der Waals surface area contributed by atoms with E-state index in [1.807, 2.05) is 0 Å². The second kappa shape index (κ2) is 5.95. The molecule has 0 aliphatic carbocycles. The molecule has 0 radical (unpaired) electrons. The summed E-state index contributed by atoms with van der Waals surface area (Å²) in [6, 6.07) is 8.47. The average molecular weight is 342 g/mol. The number of oxazole rings is 1. The summed E-state index contributed by atoms with van der Waals surface area (Å²) in [6.07, 6.45) is 1.72. The zero-order valence-electron chi connectivity index (χ0n) is 13.6. The van der Waals surface area contributed by atoms with E-state index < -0.39 is 11.6 Å². The molecule has 4 rings (SSSR count). The number of carbonyl (C=O) groups is 1. The van der Waals surface area contributed by atoms with Crippen LogP contribution in [0.5, 0.6) is 0 Å². The predicted octanol–water partition coefficient (Wildman–Crippen LogP) is 4.46. The van der Waals surface area contributed by atoms with Crippen LogP contribution in [-0.2, 0) is 4.79 Å². The van der Waals surface area contributed by atoms with Crippen LogP contribution in [0.15, 0.2) is 40.8 Å². The Bertz CT molecular complexity index is 967. The van der Waals surface area contributed by atoms with Gasteiger partial charge in [0, 0.05) is 25.1 Å². The van der Waals surface area contributed by atoms with E-state index in [2.05, 4.69) is 4.98 Å². The average Bonchev–Trinajstić information content (AvgIpc) is 3.20. The van der Waals surface area contributed by atoms with Crippen molar-refractivity contribution in [3.05, 3.63) is 53.9 Å². The molecule has 4 nitrogen and oxygen atoms in total. The van der Waals surface area contributed by atoms with Gasteiger partial charge in [-0.25, -0.2) is 13.8 Å². The number of hydrogen-bond acceptors (Lipinski definition) is 3. The molecule has 1 amide bonds. The molecular formula is C19H16F2N2O2. The van der Waals surface area contributed by atoms with E-state index in [1.165, 1.54) is 19.1 Å². The summed E-state index contributed by atoms with van der Waals surface area (Å²) >= 11 is 0. The van der Waals surface area contributed by atoms with Gasteiger partial charge in [0.05, 0.1) is 0 Å². The van der Waals surface area contributed by atoms with Gasteiger partial charge in [0.2, 0.25) is 11.8 Å². The number of nitrogens with zero attached hydrogens (tertiary/aromatic N) is 2. The molecule has 1 aliphatic rings. The fourth-order valence-corrected chi connectivity index (χ4v) is 3.38. The molecule has 1 aromatic heterocycles. The number of halogens is 2. The standard InChI is InChI=1S/C19H16F2N2O2/c1-11(24)23-8-2-3-17(23)19-22-16-9-12(4-7-18(16)25-19)14-6-5-13(20)10-15(14)21/h4-7,9-10,17H,2-3,8H2,1H3. The molecule has 0 N–H and O–H groups in total. The first-order valence-corrected chi connectivity index (χ1v) is 8.16. The van der Waals surface area contributed by atoms with Crippen LogP contribution in [0.1, 0.15) is 31.7 Å². The van der Waals surface area contributed by atoms with Crippen molar-refractivity contribution in [2.24, 2.45) is 0 Å². The van der Waals surface area contributed by atoms with E-state index >= 15 is 0 Å². The molecule has 3 aromatic rings. The van der Waals surface area contributed by atoms with Crippen LogP contribution in [0.25, 0.3) is 22.2 Å². The molecule has 0 spiro atoms. The van der Waals surface area contributed by atoms with Crippen LogP contribution in [-0.4, -0.2) is 22.3 Å². The van der Waals surface area contributed by atoms with Crippen LogP contribution in [0, 0.1) is 11.6 Å². The monoisotopic (exact) mass is 342 g/mol. The minimum absolute atomic E-state index is 0.00108. The molecule has 128 valence electrons. The van der Waals surface area contributed by atoms with Crippen molar-refractivity contribution in [3.63, 3.8) is 0 Å². The van der Waals surface area contributed by atoms with Crippen molar-refractivity contribution in [2.45, 2.75) is 25.8 Å². The van der Waals surface area contributed by atoms with Crippen molar-refractivity contribution in [3.8, 4) is 11.1 Å². The third-order valence-corrected chi connectivity index (χ3v) is 4.59. The van der Waals surface area contributed by atoms with Gasteiger partial charge in [0.25, 0.3) is 0 Å². The lowest BCUT2D eigenvalue weighted by molar-refractivity contribution is -0.130. The van der Waals surface area contributed by atoms with Crippen molar-refractivity contribution in [2.75, 3.05) is 6.54 Å². The summed E-state index contributed by atoms with van der Waals surface area (Å²) < 4.78 is 32.9. The Morgan fingerprint density at radius 3 is 2.84 bits per heavy atom. The van der Waals surface area contributed by atoms with Crippen molar-refractivity contribution >= 4 is 17.0 Å². The van der Waals surface area contributed by atoms with Gasteiger partial charge in [-0.05, 0) is 42.7 Å². The second-order valence-electron chi connectivity index (χ2n) is 6.23.